The van der Waals surface area contributed by atoms with Gasteiger partial charge in [0.05, 0.1) is 5.60 Å². The predicted octanol–water partition coefficient (Wildman–Crippen LogP) is 1.83. The molecule has 0 amide bonds. The average Bonchev–Trinajstić information content (AvgIpc) is 2.69. The minimum absolute atomic E-state index is 0.300. The van der Waals surface area contributed by atoms with Crippen LogP contribution in [0.4, 0.5) is 0 Å². The van der Waals surface area contributed by atoms with Crippen LogP contribution in [0, 0.1) is 5.92 Å². The quantitative estimate of drug-likeness (QED) is 0.612. The first-order chi connectivity index (χ1) is 13.8. The summed E-state index contributed by atoms with van der Waals surface area (Å²) in [4.78, 5) is 4.72. The van der Waals surface area contributed by atoms with Crippen molar-refractivity contribution in [3.8, 4) is 5.75 Å². The van der Waals surface area contributed by atoms with E-state index in [-0.39, 0.29) is 0 Å². The Kier molecular flexibility index (Phi) is 7.93. The SMILES string of the molecule is CC(C)(O)C1CCN(CC(O)COc2ccc(CN3CCC(N)CC3)cc2)CC1. The Hall–Kier alpha value is -1.18. The molecule has 0 bridgehead atoms. The average molecular weight is 406 g/mol. The van der Waals surface area contributed by atoms with Gasteiger partial charge in [0, 0.05) is 19.1 Å². The third kappa shape index (κ3) is 7.23. The lowest BCUT2D eigenvalue weighted by molar-refractivity contribution is -0.0206. The molecule has 6 heteroatoms. The molecule has 1 aromatic carbocycles. The van der Waals surface area contributed by atoms with Gasteiger partial charge in [-0.2, -0.15) is 0 Å². The number of aliphatic hydroxyl groups is 2. The first-order valence-corrected chi connectivity index (χ1v) is 11.1. The van der Waals surface area contributed by atoms with Crippen LogP contribution in [0.25, 0.3) is 0 Å². The Bertz CT molecular complexity index is 601. The molecule has 1 atom stereocenters. The molecule has 0 spiro atoms. The van der Waals surface area contributed by atoms with E-state index in [4.69, 9.17) is 10.5 Å². The maximum absolute atomic E-state index is 10.3. The molecule has 0 aliphatic carbocycles. The summed E-state index contributed by atoms with van der Waals surface area (Å²) in [6, 6.07) is 8.57. The molecule has 2 heterocycles. The molecule has 3 rings (SSSR count). The number of benzene rings is 1. The van der Waals surface area contributed by atoms with Crippen LogP contribution in [0.3, 0.4) is 0 Å². The highest BCUT2D eigenvalue weighted by molar-refractivity contribution is 5.27. The van der Waals surface area contributed by atoms with E-state index < -0.39 is 11.7 Å². The second-order valence-electron chi connectivity index (χ2n) is 9.45. The minimum Gasteiger partial charge on any atom is -0.491 e. The summed E-state index contributed by atoms with van der Waals surface area (Å²) in [7, 11) is 0. The van der Waals surface area contributed by atoms with Gasteiger partial charge in [-0.15, -0.1) is 0 Å². The Morgan fingerprint density at radius 3 is 2.21 bits per heavy atom. The van der Waals surface area contributed by atoms with Crippen LogP contribution in [0.15, 0.2) is 24.3 Å². The van der Waals surface area contributed by atoms with Crippen LogP contribution >= 0.6 is 0 Å². The van der Waals surface area contributed by atoms with Gasteiger partial charge in [-0.05, 0) is 89.3 Å². The van der Waals surface area contributed by atoms with Gasteiger partial charge < -0.3 is 25.6 Å². The molecule has 0 aromatic heterocycles. The summed E-state index contributed by atoms with van der Waals surface area (Å²) in [6.45, 7) is 9.63. The van der Waals surface area contributed by atoms with Crippen molar-refractivity contribution in [1.82, 2.24) is 9.80 Å². The highest BCUT2D eigenvalue weighted by Gasteiger charge is 2.30. The van der Waals surface area contributed by atoms with E-state index in [1.54, 1.807) is 0 Å². The first kappa shape index (κ1) is 22.5. The van der Waals surface area contributed by atoms with Crippen LogP contribution < -0.4 is 10.5 Å². The van der Waals surface area contributed by atoms with Crippen molar-refractivity contribution in [2.45, 2.75) is 63.8 Å². The summed E-state index contributed by atoms with van der Waals surface area (Å²) >= 11 is 0. The fraction of sp³-hybridized carbons (Fsp3) is 0.739. The van der Waals surface area contributed by atoms with E-state index in [1.807, 2.05) is 26.0 Å². The standard InChI is InChI=1S/C23H39N3O3/c1-23(2,28)19-7-11-26(12-8-19)16-21(27)17-29-22-5-3-18(4-6-22)15-25-13-9-20(24)10-14-25/h3-6,19-21,27-28H,7-17,24H2,1-2H3. The number of hydrogen-bond acceptors (Lipinski definition) is 6. The summed E-state index contributed by atoms with van der Waals surface area (Å²) in [5, 5.41) is 20.5. The molecule has 4 N–H and O–H groups in total. The molecular weight excluding hydrogens is 366 g/mol. The van der Waals surface area contributed by atoms with Crippen molar-refractivity contribution in [2.24, 2.45) is 11.7 Å². The van der Waals surface area contributed by atoms with E-state index in [2.05, 4.69) is 21.9 Å². The molecule has 6 nitrogen and oxygen atoms in total. The highest BCUT2D eigenvalue weighted by Crippen LogP contribution is 2.27. The van der Waals surface area contributed by atoms with E-state index in [0.29, 0.717) is 25.1 Å². The molecule has 2 saturated heterocycles. The van der Waals surface area contributed by atoms with Crippen molar-refractivity contribution in [3.05, 3.63) is 29.8 Å². The van der Waals surface area contributed by atoms with Gasteiger partial charge in [0.2, 0.25) is 0 Å². The van der Waals surface area contributed by atoms with Gasteiger partial charge in [-0.25, -0.2) is 0 Å². The molecule has 2 aliphatic rings. The number of aliphatic hydroxyl groups excluding tert-OH is 1. The lowest BCUT2D eigenvalue weighted by atomic mass is 9.83. The Labute approximate surface area is 175 Å². The van der Waals surface area contributed by atoms with Gasteiger partial charge in [-0.3, -0.25) is 4.90 Å². The zero-order chi connectivity index (χ0) is 20.9. The zero-order valence-corrected chi connectivity index (χ0v) is 18.1. The van der Waals surface area contributed by atoms with Crippen LogP contribution in [-0.4, -0.2) is 77.1 Å². The maximum atomic E-state index is 10.3. The third-order valence-electron chi connectivity index (χ3n) is 6.46. The number of piperidine rings is 2. The lowest BCUT2D eigenvalue weighted by Crippen LogP contribution is -2.45. The van der Waals surface area contributed by atoms with Gasteiger partial charge in [0.25, 0.3) is 0 Å². The lowest BCUT2D eigenvalue weighted by Gasteiger charge is -2.38. The minimum atomic E-state index is -0.610. The smallest absolute Gasteiger partial charge is 0.119 e. The number of nitrogens with zero attached hydrogens (tertiary/aromatic N) is 2. The second kappa shape index (κ2) is 10.2. The summed E-state index contributed by atoms with van der Waals surface area (Å²) in [5.41, 5.74) is 6.64. The Morgan fingerprint density at radius 2 is 1.62 bits per heavy atom. The molecule has 1 aromatic rings. The van der Waals surface area contributed by atoms with Gasteiger partial charge in [-0.1, -0.05) is 12.1 Å². The molecule has 29 heavy (non-hydrogen) atoms. The molecule has 2 fully saturated rings. The number of rotatable bonds is 8. The summed E-state index contributed by atoms with van der Waals surface area (Å²) < 4.78 is 5.80. The summed E-state index contributed by atoms with van der Waals surface area (Å²) in [6.07, 6.45) is 3.59. The number of likely N-dealkylation sites (tertiary alicyclic amines) is 2. The Balaban J connectivity index is 1.35. The van der Waals surface area contributed by atoms with Crippen LogP contribution in [0.2, 0.25) is 0 Å². The molecule has 164 valence electrons. The van der Waals surface area contributed by atoms with E-state index in [9.17, 15) is 10.2 Å². The van der Waals surface area contributed by atoms with Gasteiger partial charge in [0.15, 0.2) is 0 Å². The second-order valence-corrected chi connectivity index (χ2v) is 9.45. The number of hydrogen-bond donors (Lipinski definition) is 3. The molecule has 0 saturated carbocycles. The monoisotopic (exact) mass is 405 g/mol. The van der Waals surface area contributed by atoms with Crippen LogP contribution in [0.1, 0.15) is 45.1 Å². The topological polar surface area (TPSA) is 82.2 Å². The van der Waals surface area contributed by atoms with Crippen molar-refractivity contribution in [1.29, 1.82) is 0 Å². The van der Waals surface area contributed by atoms with Crippen molar-refractivity contribution < 1.29 is 14.9 Å². The largest absolute Gasteiger partial charge is 0.491 e. The third-order valence-corrected chi connectivity index (χ3v) is 6.46. The van der Waals surface area contributed by atoms with Crippen molar-refractivity contribution >= 4 is 0 Å². The molecular formula is C23H39N3O3. The van der Waals surface area contributed by atoms with Crippen LogP contribution in [-0.2, 0) is 6.54 Å². The van der Waals surface area contributed by atoms with Gasteiger partial charge in [0.1, 0.15) is 18.5 Å². The highest BCUT2D eigenvalue weighted by atomic mass is 16.5. The number of ether oxygens (including phenoxy) is 1. The van der Waals surface area contributed by atoms with E-state index in [1.165, 1.54) is 5.56 Å². The Morgan fingerprint density at radius 1 is 1.03 bits per heavy atom. The predicted molar refractivity (Wildman–Crippen MR) is 116 cm³/mol. The van der Waals surface area contributed by atoms with Crippen molar-refractivity contribution in [3.63, 3.8) is 0 Å². The van der Waals surface area contributed by atoms with E-state index in [0.717, 1.165) is 64.2 Å². The first-order valence-electron chi connectivity index (χ1n) is 11.1. The van der Waals surface area contributed by atoms with Crippen molar-refractivity contribution in [2.75, 3.05) is 39.3 Å². The molecule has 1 unspecified atom stereocenters. The van der Waals surface area contributed by atoms with Gasteiger partial charge >= 0.3 is 0 Å². The fourth-order valence-corrected chi connectivity index (χ4v) is 4.43. The maximum Gasteiger partial charge on any atom is 0.119 e. The fourth-order valence-electron chi connectivity index (χ4n) is 4.43. The molecule has 2 aliphatic heterocycles. The zero-order valence-electron chi connectivity index (χ0n) is 18.1. The van der Waals surface area contributed by atoms with E-state index >= 15 is 0 Å². The normalized spacial score (nSPS) is 22.0. The van der Waals surface area contributed by atoms with Crippen LogP contribution in [0.5, 0.6) is 5.75 Å². The number of nitrogens with two attached hydrogens (primary N) is 1. The number of β-amino-alcohol motifs (C(OH)–C–C–N with tert-alkyl or cyclic N) is 1. The molecule has 0 radical (unpaired) electrons. The summed E-state index contributed by atoms with van der Waals surface area (Å²) in [5.74, 6) is 1.14.